The number of anilines is 1. The molecule has 6 nitrogen and oxygen atoms in total. The van der Waals surface area contributed by atoms with Crippen LogP contribution in [0.2, 0.25) is 0 Å². The molecular formula is C25H26ClFN6. The number of benzene rings is 2. The Morgan fingerprint density at radius 3 is 2.27 bits per heavy atom. The van der Waals surface area contributed by atoms with Crippen LogP contribution in [0.4, 0.5) is 10.2 Å². The molecule has 0 spiro atoms. The zero-order chi connectivity index (χ0) is 21.8. The van der Waals surface area contributed by atoms with Crippen molar-refractivity contribution in [2.45, 2.75) is 13.1 Å². The number of hydrogen-bond acceptors (Lipinski definition) is 5. The minimum absolute atomic E-state index is 0. The molecule has 1 saturated heterocycles. The maximum absolute atomic E-state index is 13.3. The van der Waals surface area contributed by atoms with E-state index in [9.17, 15) is 4.39 Å². The van der Waals surface area contributed by atoms with Gasteiger partial charge in [-0.25, -0.2) is 9.37 Å². The van der Waals surface area contributed by atoms with E-state index in [2.05, 4.69) is 55.3 Å². The van der Waals surface area contributed by atoms with Gasteiger partial charge >= 0.3 is 0 Å². The van der Waals surface area contributed by atoms with Crippen molar-refractivity contribution in [1.29, 1.82) is 0 Å². The molecule has 2 aromatic heterocycles. The standard InChI is InChI=1S/C25H25FN6.ClH/c26-23-8-6-22(7-9-23)24-25(28-11-10-27-24)31-14-12-30(13-15-31)17-21-16-29-32(19-21)18-20-4-2-1-3-5-20;/h1-11,16,19H,12-15,17-18H2;1H. The normalized spacial score (nSPS) is 14.2. The van der Waals surface area contributed by atoms with E-state index >= 15 is 0 Å². The number of nitrogens with zero attached hydrogens (tertiary/aromatic N) is 6. The zero-order valence-corrected chi connectivity index (χ0v) is 19.0. The van der Waals surface area contributed by atoms with Crippen molar-refractivity contribution in [3.8, 4) is 11.3 Å². The van der Waals surface area contributed by atoms with Crippen LogP contribution in [0.5, 0.6) is 0 Å². The number of hydrogen-bond donors (Lipinski definition) is 0. The average molecular weight is 465 g/mol. The topological polar surface area (TPSA) is 50.1 Å². The van der Waals surface area contributed by atoms with Crippen LogP contribution in [0.1, 0.15) is 11.1 Å². The first-order valence-corrected chi connectivity index (χ1v) is 10.8. The van der Waals surface area contributed by atoms with E-state index in [4.69, 9.17) is 0 Å². The smallest absolute Gasteiger partial charge is 0.155 e. The lowest BCUT2D eigenvalue weighted by molar-refractivity contribution is 0.249. The molecule has 0 amide bonds. The van der Waals surface area contributed by atoms with E-state index in [1.165, 1.54) is 23.3 Å². The third kappa shape index (κ3) is 5.56. The maximum Gasteiger partial charge on any atom is 0.155 e. The molecule has 1 aliphatic heterocycles. The van der Waals surface area contributed by atoms with Crippen LogP contribution in [0, 0.1) is 5.82 Å². The monoisotopic (exact) mass is 464 g/mol. The van der Waals surface area contributed by atoms with Crippen LogP contribution < -0.4 is 4.90 Å². The van der Waals surface area contributed by atoms with E-state index < -0.39 is 0 Å². The highest BCUT2D eigenvalue weighted by Gasteiger charge is 2.21. The van der Waals surface area contributed by atoms with Gasteiger partial charge in [0.2, 0.25) is 0 Å². The number of piperazine rings is 1. The van der Waals surface area contributed by atoms with E-state index in [-0.39, 0.29) is 18.2 Å². The van der Waals surface area contributed by atoms with Gasteiger partial charge in [-0.3, -0.25) is 14.6 Å². The van der Waals surface area contributed by atoms with Crippen molar-refractivity contribution < 1.29 is 4.39 Å². The third-order valence-electron chi connectivity index (χ3n) is 5.75. The highest BCUT2D eigenvalue weighted by molar-refractivity contribution is 5.85. The molecule has 1 fully saturated rings. The molecule has 0 unspecified atom stereocenters. The van der Waals surface area contributed by atoms with Crippen molar-refractivity contribution in [3.05, 3.63) is 96.3 Å². The molecule has 1 aliphatic rings. The van der Waals surface area contributed by atoms with Gasteiger partial charge in [0.15, 0.2) is 5.82 Å². The van der Waals surface area contributed by atoms with Crippen LogP contribution in [0.15, 0.2) is 79.4 Å². The van der Waals surface area contributed by atoms with Gasteiger partial charge in [0.1, 0.15) is 11.5 Å². The molecule has 4 aromatic rings. The molecule has 2 aromatic carbocycles. The predicted molar refractivity (Wildman–Crippen MR) is 130 cm³/mol. The second-order valence-electron chi connectivity index (χ2n) is 8.03. The lowest BCUT2D eigenvalue weighted by Crippen LogP contribution is -2.46. The fourth-order valence-electron chi connectivity index (χ4n) is 4.09. The SMILES string of the molecule is Cl.Fc1ccc(-c2nccnc2N2CCN(Cc3cnn(Cc4ccccc4)c3)CC2)cc1. The predicted octanol–water partition coefficient (Wildman–Crippen LogP) is 4.27. The van der Waals surface area contributed by atoms with Crippen molar-refractivity contribution in [2.75, 3.05) is 31.1 Å². The van der Waals surface area contributed by atoms with Crippen LogP contribution in [0.25, 0.3) is 11.3 Å². The molecular weight excluding hydrogens is 439 g/mol. The molecule has 0 aliphatic carbocycles. The maximum atomic E-state index is 13.3. The van der Waals surface area contributed by atoms with Crippen LogP contribution >= 0.6 is 12.4 Å². The largest absolute Gasteiger partial charge is 0.352 e. The molecule has 5 rings (SSSR count). The minimum atomic E-state index is -0.250. The molecule has 0 atom stereocenters. The third-order valence-corrected chi connectivity index (χ3v) is 5.75. The van der Waals surface area contributed by atoms with Crippen molar-refractivity contribution in [3.63, 3.8) is 0 Å². The Bertz CT molecular complexity index is 1160. The summed E-state index contributed by atoms with van der Waals surface area (Å²) >= 11 is 0. The van der Waals surface area contributed by atoms with Crippen LogP contribution in [-0.2, 0) is 13.1 Å². The average Bonchev–Trinajstić information content (AvgIpc) is 3.27. The molecule has 3 heterocycles. The number of halogens is 2. The van der Waals surface area contributed by atoms with Crippen molar-refractivity contribution in [1.82, 2.24) is 24.6 Å². The second kappa shape index (κ2) is 10.6. The molecule has 8 heteroatoms. The summed E-state index contributed by atoms with van der Waals surface area (Å²) in [6.45, 7) is 5.27. The van der Waals surface area contributed by atoms with Crippen LogP contribution in [0.3, 0.4) is 0 Å². The molecule has 0 bridgehead atoms. The lowest BCUT2D eigenvalue weighted by Gasteiger charge is -2.35. The summed E-state index contributed by atoms with van der Waals surface area (Å²) in [7, 11) is 0. The fraction of sp³-hybridized carbons (Fsp3) is 0.240. The highest BCUT2D eigenvalue weighted by Crippen LogP contribution is 2.27. The minimum Gasteiger partial charge on any atom is -0.352 e. The van der Waals surface area contributed by atoms with E-state index in [0.717, 1.165) is 56.3 Å². The number of rotatable bonds is 6. The molecule has 33 heavy (non-hydrogen) atoms. The van der Waals surface area contributed by atoms with Gasteiger partial charge in [-0.1, -0.05) is 30.3 Å². The molecule has 170 valence electrons. The van der Waals surface area contributed by atoms with Gasteiger partial charge in [0, 0.05) is 62.4 Å². The number of aromatic nitrogens is 4. The zero-order valence-electron chi connectivity index (χ0n) is 18.2. The Labute approximate surface area is 199 Å². The van der Waals surface area contributed by atoms with Gasteiger partial charge in [0.05, 0.1) is 12.7 Å². The Morgan fingerprint density at radius 1 is 0.788 bits per heavy atom. The lowest BCUT2D eigenvalue weighted by atomic mass is 10.1. The van der Waals surface area contributed by atoms with E-state index in [0.29, 0.717) is 0 Å². The summed E-state index contributed by atoms with van der Waals surface area (Å²) in [4.78, 5) is 13.8. The van der Waals surface area contributed by atoms with Gasteiger partial charge in [-0.05, 0) is 29.8 Å². The summed E-state index contributed by atoms with van der Waals surface area (Å²) < 4.78 is 15.3. The molecule has 0 saturated carbocycles. The summed E-state index contributed by atoms with van der Waals surface area (Å²) in [5.41, 5.74) is 4.14. The highest BCUT2D eigenvalue weighted by atomic mass is 35.5. The van der Waals surface area contributed by atoms with Gasteiger partial charge in [-0.15, -0.1) is 12.4 Å². The first kappa shape index (κ1) is 22.9. The van der Waals surface area contributed by atoms with Gasteiger partial charge < -0.3 is 4.90 Å². The molecule has 0 N–H and O–H groups in total. The van der Waals surface area contributed by atoms with Gasteiger partial charge in [0.25, 0.3) is 0 Å². The Kier molecular flexibility index (Phi) is 7.32. The second-order valence-corrected chi connectivity index (χ2v) is 8.03. The molecule has 0 radical (unpaired) electrons. The van der Waals surface area contributed by atoms with E-state index in [1.54, 1.807) is 24.5 Å². The summed E-state index contributed by atoms with van der Waals surface area (Å²) in [6, 6.07) is 16.8. The Balaban J connectivity index is 0.00000259. The van der Waals surface area contributed by atoms with E-state index in [1.807, 2.05) is 16.9 Å². The Morgan fingerprint density at radius 2 is 1.52 bits per heavy atom. The first-order valence-electron chi connectivity index (χ1n) is 10.8. The van der Waals surface area contributed by atoms with Gasteiger partial charge in [-0.2, -0.15) is 5.10 Å². The van der Waals surface area contributed by atoms with Crippen LogP contribution in [-0.4, -0.2) is 50.8 Å². The summed E-state index contributed by atoms with van der Waals surface area (Å²) in [5, 5.41) is 4.53. The fourth-order valence-corrected chi connectivity index (χ4v) is 4.09. The summed E-state index contributed by atoms with van der Waals surface area (Å²) in [5.74, 6) is 0.606. The first-order chi connectivity index (χ1) is 15.7. The van der Waals surface area contributed by atoms with Crippen molar-refractivity contribution >= 4 is 18.2 Å². The van der Waals surface area contributed by atoms with Crippen molar-refractivity contribution in [2.24, 2.45) is 0 Å². The summed E-state index contributed by atoms with van der Waals surface area (Å²) in [6.07, 6.45) is 7.50. The Hall–Kier alpha value is -3.29. The quantitative estimate of drug-likeness (QED) is 0.426.